The molecule has 1 N–H and O–H groups in total. The molecular formula is C28H33N3O7S2. The van der Waals surface area contributed by atoms with E-state index >= 15 is 0 Å². The molecule has 4 rings (SSSR count). The largest absolute Gasteiger partial charge is 0.495 e. The SMILES string of the molecule is CCc1ccccc1N(CC(=O)Nc1ccc(OC)c(S(=O)(=O)N2CCOCC2)c1)S(=O)(=O)c1ccc(C)cc1. The Morgan fingerprint density at radius 1 is 1.00 bits per heavy atom. The van der Waals surface area contributed by atoms with E-state index in [-0.39, 0.29) is 47.5 Å². The second kappa shape index (κ2) is 12.4. The molecule has 10 nitrogen and oxygen atoms in total. The molecule has 3 aromatic rings. The maximum Gasteiger partial charge on any atom is 0.264 e. The van der Waals surface area contributed by atoms with E-state index in [2.05, 4.69) is 5.32 Å². The minimum absolute atomic E-state index is 0.0557. The van der Waals surface area contributed by atoms with Gasteiger partial charge in [0.1, 0.15) is 17.2 Å². The Balaban J connectivity index is 1.66. The predicted molar refractivity (Wildman–Crippen MR) is 153 cm³/mol. The van der Waals surface area contributed by atoms with Crippen LogP contribution in [0, 0.1) is 6.92 Å². The topological polar surface area (TPSA) is 122 Å². The summed E-state index contributed by atoms with van der Waals surface area (Å²) in [5.74, 6) is -0.508. The average Bonchev–Trinajstić information content (AvgIpc) is 2.96. The lowest BCUT2D eigenvalue weighted by molar-refractivity contribution is -0.114. The molecule has 0 atom stereocenters. The van der Waals surface area contributed by atoms with Gasteiger partial charge in [0.2, 0.25) is 15.9 Å². The summed E-state index contributed by atoms with van der Waals surface area (Å²) >= 11 is 0. The van der Waals surface area contributed by atoms with Gasteiger partial charge in [0, 0.05) is 18.8 Å². The van der Waals surface area contributed by atoms with Gasteiger partial charge in [-0.25, -0.2) is 16.8 Å². The number of benzene rings is 3. The van der Waals surface area contributed by atoms with Gasteiger partial charge < -0.3 is 14.8 Å². The van der Waals surface area contributed by atoms with E-state index in [4.69, 9.17) is 9.47 Å². The molecular weight excluding hydrogens is 554 g/mol. The summed E-state index contributed by atoms with van der Waals surface area (Å²) in [5, 5.41) is 2.67. The summed E-state index contributed by atoms with van der Waals surface area (Å²) in [7, 11) is -6.67. The number of rotatable bonds is 10. The van der Waals surface area contributed by atoms with Crippen molar-refractivity contribution in [3.05, 3.63) is 77.9 Å². The van der Waals surface area contributed by atoms with Crippen LogP contribution in [0.25, 0.3) is 0 Å². The molecule has 0 aromatic heterocycles. The fraction of sp³-hybridized carbons (Fsp3) is 0.321. The van der Waals surface area contributed by atoms with Gasteiger partial charge in [0.25, 0.3) is 10.0 Å². The normalized spacial score (nSPS) is 14.5. The van der Waals surface area contributed by atoms with Crippen molar-refractivity contribution in [3.63, 3.8) is 0 Å². The van der Waals surface area contributed by atoms with Crippen LogP contribution in [0.4, 0.5) is 11.4 Å². The quantitative estimate of drug-likeness (QED) is 0.386. The van der Waals surface area contributed by atoms with Crippen molar-refractivity contribution in [2.75, 3.05) is 49.6 Å². The van der Waals surface area contributed by atoms with E-state index in [1.807, 2.05) is 26.0 Å². The summed E-state index contributed by atoms with van der Waals surface area (Å²) < 4.78 is 67.2. The Morgan fingerprint density at radius 3 is 2.33 bits per heavy atom. The molecule has 0 spiro atoms. The molecule has 0 bridgehead atoms. The molecule has 0 aliphatic carbocycles. The number of methoxy groups -OCH3 is 1. The third-order valence-electron chi connectivity index (χ3n) is 6.57. The third-order valence-corrected chi connectivity index (χ3v) is 10.3. The minimum atomic E-state index is -4.11. The number of morpholine rings is 1. The maximum atomic E-state index is 13.8. The van der Waals surface area contributed by atoms with Crippen molar-refractivity contribution in [1.29, 1.82) is 0 Å². The number of amides is 1. The Labute approximate surface area is 235 Å². The molecule has 1 fully saturated rings. The number of carbonyl (C=O) groups is 1. The van der Waals surface area contributed by atoms with Crippen LogP contribution in [-0.4, -0.2) is 67.0 Å². The summed E-state index contributed by atoms with van der Waals surface area (Å²) in [6.45, 7) is 4.20. The second-order valence-electron chi connectivity index (χ2n) is 9.24. The van der Waals surface area contributed by atoms with Gasteiger partial charge in [-0.15, -0.1) is 0 Å². The van der Waals surface area contributed by atoms with E-state index in [0.717, 1.165) is 15.4 Å². The first-order chi connectivity index (χ1) is 19.1. The number of aryl methyl sites for hydroxylation is 2. The van der Waals surface area contributed by atoms with Crippen LogP contribution < -0.4 is 14.4 Å². The number of sulfonamides is 2. The first-order valence-corrected chi connectivity index (χ1v) is 15.7. The number of anilines is 2. The molecule has 0 saturated carbocycles. The Morgan fingerprint density at radius 2 is 1.68 bits per heavy atom. The molecule has 1 heterocycles. The summed E-state index contributed by atoms with van der Waals surface area (Å²) in [6.07, 6.45) is 0.555. The van der Waals surface area contributed by atoms with Gasteiger partial charge in [-0.3, -0.25) is 9.10 Å². The molecule has 0 radical (unpaired) electrons. The first kappa shape index (κ1) is 29.5. The van der Waals surface area contributed by atoms with Crippen molar-refractivity contribution in [3.8, 4) is 5.75 Å². The lowest BCUT2D eigenvalue weighted by Crippen LogP contribution is -2.40. The van der Waals surface area contributed by atoms with Crippen LogP contribution >= 0.6 is 0 Å². The van der Waals surface area contributed by atoms with Crippen LogP contribution in [0.15, 0.2) is 76.5 Å². The van der Waals surface area contributed by atoms with Gasteiger partial charge in [0.05, 0.1) is 30.9 Å². The molecule has 214 valence electrons. The highest BCUT2D eigenvalue weighted by Crippen LogP contribution is 2.31. The van der Waals surface area contributed by atoms with E-state index < -0.39 is 32.5 Å². The van der Waals surface area contributed by atoms with Gasteiger partial charge >= 0.3 is 0 Å². The van der Waals surface area contributed by atoms with Crippen molar-refractivity contribution in [1.82, 2.24) is 4.31 Å². The summed E-state index contributed by atoms with van der Waals surface area (Å²) in [6, 6.07) is 17.7. The zero-order valence-corrected chi connectivity index (χ0v) is 24.3. The predicted octanol–water partition coefficient (Wildman–Crippen LogP) is 3.42. The monoisotopic (exact) mass is 587 g/mol. The van der Waals surface area contributed by atoms with Crippen molar-refractivity contribution in [2.45, 2.75) is 30.1 Å². The minimum Gasteiger partial charge on any atom is -0.495 e. The van der Waals surface area contributed by atoms with E-state index in [0.29, 0.717) is 12.1 Å². The average molecular weight is 588 g/mol. The Bertz CT molecular complexity index is 1570. The zero-order valence-electron chi connectivity index (χ0n) is 22.7. The number of hydrogen-bond acceptors (Lipinski definition) is 7. The van der Waals surface area contributed by atoms with Crippen LogP contribution in [0.5, 0.6) is 5.75 Å². The molecule has 12 heteroatoms. The van der Waals surface area contributed by atoms with Crippen LogP contribution in [0.3, 0.4) is 0 Å². The van der Waals surface area contributed by atoms with Gasteiger partial charge in [-0.05, 0) is 55.3 Å². The Hall–Kier alpha value is -3.45. The number of nitrogens with zero attached hydrogens (tertiary/aromatic N) is 2. The Kier molecular flexibility index (Phi) is 9.14. The highest BCUT2D eigenvalue weighted by atomic mass is 32.2. The molecule has 40 heavy (non-hydrogen) atoms. The number of carbonyl (C=O) groups excluding carboxylic acids is 1. The van der Waals surface area contributed by atoms with Gasteiger partial charge in [-0.1, -0.05) is 42.8 Å². The highest BCUT2D eigenvalue weighted by Gasteiger charge is 2.31. The number of para-hydroxylation sites is 1. The van der Waals surface area contributed by atoms with Crippen LogP contribution in [0.1, 0.15) is 18.1 Å². The number of hydrogen-bond donors (Lipinski definition) is 1. The first-order valence-electron chi connectivity index (χ1n) is 12.8. The van der Waals surface area contributed by atoms with Crippen molar-refractivity contribution >= 4 is 37.3 Å². The summed E-state index contributed by atoms with van der Waals surface area (Å²) in [4.78, 5) is 13.3. The number of nitrogens with one attached hydrogen (secondary N) is 1. The van der Waals surface area contributed by atoms with Crippen molar-refractivity contribution in [2.24, 2.45) is 0 Å². The van der Waals surface area contributed by atoms with E-state index in [1.54, 1.807) is 24.3 Å². The highest BCUT2D eigenvalue weighted by molar-refractivity contribution is 7.92. The molecule has 1 amide bonds. The van der Waals surface area contributed by atoms with E-state index in [1.165, 1.54) is 41.7 Å². The zero-order chi connectivity index (χ0) is 28.9. The van der Waals surface area contributed by atoms with Gasteiger partial charge in [0.15, 0.2) is 0 Å². The lowest BCUT2D eigenvalue weighted by atomic mass is 10.1. The van der Waals surface area contributed by atoms with Gasteiger partial charge in [-0.2, -0.15) is 4.31 Å². The standard InChI is InChI=1S/C28H33N3O7S2/c1-4-22-7-5-6-8-25(22)31(39(33,34)24-12-9-21(2)10-13-24)20-28(32)29-23-11-14-26(37-3)27(19-23)40(35,36)30-15-17-38-18-16-30/h5-14,19H,4,15-18,20H2,1-3H3,(H,29,32). The smallest absolute Gasteiger partial charge is 0.264 e. The molecule has 1 aliphatic rings. The second-order valence-corrected chi connectivity index (χ2v) is 13.0. The van der Waals surface area contributed by atoms with Crippen LogP contribution in [0.2, 0.25) is 0 Å². The number of ether oxygens (including phenoxy) is 2. The van der Waals surface area contributed by atoms with E-state index in [9.17, 15) is 21.6 Å². The van der Waals surface area contributed by atoms with Crippen LogP contribution in [-0.2, 0) is 36.0 Å². The fourth-order valence-corrected chi connectivity index (χ4v) is 7.45. The molecule has 1 aliphatic heterocycles. The fourth-order valence-electron chi connectivity index (χ4n) is 4.40. The lowest BCUT2D eigenvalue weighted by Gasteiger charge is -2.27. The third kappa shape index (κ3) is 6.30. The molecule has 1 saturated heterocycles. The maximum absolute atomic E-state index is 13.8. The summed E-state index contributed by atoms with van der Waals surface area (Å²) in [5.41, 5.74) is 2.24. The molecule has 0 unspecified atom stereocenters. The molecule has 3 aromatic carbocycles. The van der Waals surface area contributed by atoms with Crippen molar-refractivity contribution < 1.29 is 31.1 Å².